The summed E-state index contributed by atoms with van der Waals surface area (Å²) in [5.74, 6) is -0.213. The van der Waals surface area contributed by atoms with Crippen LogP contribution in [-0.2, 0) is 15.0 Å². The van der Waals surface area contributed by atoms with Crippen molar-refractivity contribution in [1.82, 2.24) is 0 Å². The number of hydrogen-bond acceptors (Lipinski definition) is 5. The molecular weight excluding hydrogens is 253 g/mol. The Morgan fingerprint density at radius 2 is 2.00 bits per heavy atom. The van der Waals surface area contributed by atoms with E-state index in [1.54, 1.807) is 20.8 Å². The van der Waals surface area contributed by atoms with Crippen molar-refractivity contribution in [3.63, 3.8) is 0 Å². The standard InChI is InChI=1S/C9H12FNO5S/c1-9(2,3)16-8(12)11-6-4-5-7(15-6)17(10,13)14/h4-5H,1-3H3,(H,11,12). The highest BCUT2D eigenvalue weighted by molar-refractivity contribution is 7.86. The van der Waals surface area contributed by atoms with Crippen molar-refractivity contribution < 1.29 is 26.3 Å². The predicted octanol–water partition coefficient (Wildman–Crippen LogP) is 2.28. The van der Waals surface area contributed by atoms with E-state index in [1.165, 1.54) is 0 Å². The zero-order valence-corrected chi connectivity index (χ0v) is 10.3. The van der Waals surface area contributed by atoms with Gasteiger partial charge in [0.25, 0.3) is 5.09 Å². The van der Waals surface area contributed by atoms with Crippen molar-refractivity contribution in [2.24, 2.45) is 0 Å². The molecule has 17 heavy (non-hydrogen) atoms. The van der Waals surface area contributed by atoms with E-state index in [0.29, 0.717) is 0 Å². The zero-order valence-electron chi connectivity index (χ0n) is 9.48. The number of rotatable bonds is 2. The Morgan fingerprint density at radius 1 is 1.41 bits per heavy atom. The van der Waals surface area contributed by atoms with E-state index in [4.69, 9.17) is 4.74 Å². The number of hydrogen-bond donors (Lipinski definition) is 1. The fourth-order valence-electron chi connectivity index (χ4n) is 0.923. The lowest BCUT2D eigenvalue weighted by atomic mass is 10.2. The van der Waals surface area contributed by atoms with Crippen LogP contribution in [-0.4, -0.2) is 20.1 Å². The smallest absolute Gasteiger partial charge is 0.414 e. The summed E-state index contributed by atoms with van der Waals surface area (Å²) in [5, 5.41) is 1.26. The monoisotopic (exact) mass is 265 g/mol. The second-order valence-corrected chi connectivity index (χ2v) is 5.46. The van der Waals surface area contributed by atoms with Gasteiger partial charge in [0.1, 0.15) is 5.60 Å². The molecule has 0 saturated heterocycles. The molecule has 0 spiro atoms. The molecule has 1 aromatic heterocycles. The summed E-state index contributed by atoms with van der Waals surface area (Å²) in [7, 11) is -4.91. The molecule has 96 valence electrons. The van der Waals surface area contributed by atoms with Crippen molar-refractivity contribution in [1.29, 1.82) is 0 Å². The van der Waals surface area contributed by atoms with Crippen LogP contribution in [0.4, 0.5) is 14.6 Å². The van der Waals surface area contributed by atoms with Crippen LogP contribution in [0.2, 0.25) is 0 Å². The molecule has 0 radical (unpaired) electrons. The van der Waals surface area contributed by atoms with E-state index in [-0.39, 0.29) is 5.88 Å². The lowest BCUT2D eigenvalue weighted by molar-refractivity contribution is 0.0632. The highest BCUT2D eigenvalue weighted by atomic mass is 32.3. The summed E-state index contributed by atoms with van der Waals surface area (Å²) in [6.45, 7) is 4.98. The molecule has 0 aliphatic carbocycles. The Hall–Kier alpha value is -1.57. The first-order valence-corrected chi connectivity index (χ1v) is 6.01. The van der Waals surface area contributed by atoms with Gasteiger partial charge in [-0.3, -0.25) is 5.32 Å². The van der Waals surface area contributed by atoms with Crippen molar-refractivity contribution in [2.45, 2.75) is 31.5 Å². The van der Waals surface area contributed by atoms with Crippen LogP contribution < -0.4 is 5.32 Å². The molecule has 0 aliphatic rings. The summed E-state index contributed by atoms with van der Waals surface area (Å²) in [6, 6.07) is 2.00. The maximum atomic E-state index is 12.5. The van der Waals surface area contributed by atoms with Crippen LogP contribution in [0.15, 0.2) is 21.6 Å². The van der Waals surface area contributed by atoms with Crippen LogP contribution in [0.1, 0.15) is 20.8 Å². The van der Waals surface area contributed by atoms with Gasteiger partial charge in [-0.2, -0.15) is 8.42 Å². The maximum absolute atomic E-state index is 12.5. The van der Waals surface area contributed by atoms with Gasteiger partial charge in [-0.1, -0.05) is 3.89 Å². The number of ether oxygens (including phenoxy) is 1. The minimum Gasteiger partial charge on any atom is -0.444 e. The molecule has 0 aromatic carbocycles. The van der Waals surface area contributed by atoms with Gasteiger partial charge >= 0.3 is 16.3 Å². The van der Waals surface area contributed by atoms with E-state index < -0.39 is 27.0 Å². The summed E-state index contributed by atoms with van der Waals surface area (Å²) in [6.07, 6.45) is -0.824. The molecule has 0 saturated carbocycles. The molecule has 0 bridgehead atoms. The molecule has 1 heterocycles. The molecule has 1 rings (SSSR count). The first-order chi connectivity index (χ1) is 7.58. The van der Waals surface area contributed by atoms with Gasteiger partial charge in [-0.25, -0.2) is 4.79 Å². The van der Waals surface area contributed by atoms with E-state index >= 15 is 0 Å². The Bertz CT molecular complexity index is 514. The third kappa shape index (κ3) is 4.43. The normalized spacial score (nSPS) is 12.2. The first-order valence-electron chi connectivity index (χ1n) is 4.62. The number of carbonyl (C=O) groups excluding carboxylic acids is 1. The molecule has 0 fully saturated rings. The van der Waals surface area contributed by atoms with Crippen LogP contribution in [0, 0.1) is 0 Å². The SMILES string of the molecule is CC(C)(C)OC(=O)Nc1ccc(S(=O)(=O)F)o1. The van der Waals surface area contributed by atoms with Crippen LogP contribution >= 0.6 is 0 Å². The third-order valence-corrected chi connectivity index (χ3v) is 2.15. The fraction of sp³-hybridized carbons (Fsp3) is 0.444. The fourth-order valence-corrected chi connectivity index (χ4v) is 1.34. The molecule has 1 aromatic rings. The van der Waals surface area contributed by atoms with Gasteiger partial charge in [0, 0.05) is 12.1 Å². The second kappa shape index (κ2) is 4.36. The van der Waals surface area contributed by atoms with Gasteiger partial charge < -0.3 is 9.15 Å². The number of nitrogens with one attached hydrogen (secondary N) is 1. The van der Waals surface area contributed by atoms with Gasteiger partial charge in [0.15, 0.2) is 0 Å². The van der Waals surface area contributed by atoms with Crippen molar-refractivity contribution in [2.75, 3.05) is 5.32 Å². The Morgan fingerprint density at radius 3 is 2.41 bits per heavy atom. The topological polar surface area (TPSA) is 85.6 Å². The lowest BCUT2D eigenvalue weighted by Gasteiger charge is -2.18. The molecule has 0 atom stereocenters. The van der Waals surface area contributed by atoms with Gasteiger partial charge in [0.05, 0.1) is 0 Å². The number of furan rings is 1. The van der Waals surface area contributed by atoms with E-state index in [2.05, 4.69) is 9.73 Å². The molecule has 8 heteroatoms. The minimum absolute atomic E-state index is 0.213. The minimum atomic E-state index is -4.91. The van der Waals surface area contributed by atoms with Gasteiger partial charge in [-0.15, -0.1) is 0 Å². The summed E-state index contributed by atoms with van der Waals surface area (Å²) in [5.41, 5.74) is -0.703. The number of anilines is 1. The van der Waals surface area contributed by atoms with Gasteiger partial charge in [0.2, 0.25) is 5.88 Å². The number of amides is 1. The average Bonchev–Trinajstić information content (AvgIpc) is 2.47. The van der Waals surface area contributed by atoms with E-state index in [0.717, 1.165) is 12.1 Å². The van der Waals surface area contributed by atoms with Crippen molar-refractivity contribution >= 4 is 22.2 Å². The summed E-state index contributed by atoms with van der Waals surface area (Å²) >= 11 is 0. The largest absolute Gasteiger partial charge is 0.444 e. The lowest BCUT2D eigenvalue weighted by Crippen LogP contribution is -2.27. The average molecular weight is 265 g/mol. The highest BCUT2D eigenvalue weighted by Gasteiger charge is 2.20. The molecule has 6 nitrogen and oxygen atoms in total. The highest BCUT2D eigenvalue weighted by Crippen LogP contribution is 2.20. The molecule has 0 aliphatic heterocycles. The summed E-state index contributed by atoms with van der Waals surface area (Å²) in [4.78, 5) is 11.3. The van der Waals surface area contributed by atoms with E-state index in [1.807, 2.05) is 0 Å². The number of halogens is 1. The van der Waals surface area contributed by atoms with Crippen LogP contribution in [0.3, 0.4) is 0 Å². The zero-order chi connectivity index (χ0) is 13.3. The number of carbonyl (C=O) groups is 1. The van der Waals surface area contributed by atoms with Crippen LogP contribution in [0.5, 0.6) is 0 Å². The molecule has 0 unspecified atom stereocenters. The predicted molar refractivity (Wildman–Crippen MR) is 56.9 cm³/mol. The second-order valence-electron chi connectivity index (χ2n) is 4.18. The third-order valence-electron chi connectivity index (χ3n) is 1.45. The quantitative estimate of drug-likeness (QED) is 0.829. The molecule has 1 N–H and O–H groups in total. The summed E-state index contributed by atoms with van der Waals surface area (Å²) < 4.78 is 42.8. The van der Waals surface area contributed by atoms with E-state index in [9.17, 15) is 17.1 Å². The van der Waals surface area contributed by atoms with Gasteiger partial charge in [-0.05, 0) is 20.8 Å². The Kier molecular flexibility index (Phi) is 3.46. The van der Waals surface area contributed by atoms with Crippen LogP contribution in [0.25, 0.3) is 0 Å². The Balaban J connectivity index is 2.71. The Labute approximate surface area is 98.0 Å². The molecular formula is C9H12FNO5S. The maximum Gasteiger partial charge on any atom is 0.414 e. The van der Waals surface area contributed by atoms with Crippen molar-refractivity contribution in [3.8, 4) is 0 Å². The van der Waals surface area contributed by atoms with Crippen molar-refractivity contribution in [3.05, 3.63) is 12.1 Å². The first kappa shape index (κ1) is 13.5. The molecule has 1 amide bonds.